The quantitative estimate of drug-likeness (QED) is 0.703. The topological polar surface area (TPSA) is 46.0 Å². The molecule has 0 saturated carbocycles. The zero-order valence-electron chi connectivity index (χ0n) is 18.8. The number of carbonyl (C=O) groups excluding carboxylic acids is 1. The first-order valence-corrected chi connectivity index (χ1v) is 11.1. The fourth-order valence-corrected chi connectivity index (χ4v) is 4.15. The molecule has 1 saturated heterocycles. The first-order chi connectivity index (χ1) is 14.5. The standard InChI is InChI=1S/C25H35N3O2/c1-19(2)17-21-9-11-22(12-10-21)20(3)26-25(29)18-27-13-15-28(16-14-27)23-7-5-6-8-24(23)30-4/h5-12,19-20H,13-18H2,1-4H3,(H,26,29)/p+1/t20-/m0/s1. The molecule has 0 unspecified atom stereocenters. The molecule has 2 aromatic carbocycles. The number of hydrogen-bond donors (Lipinski definition) is 2. The maximum absolute atomic E-state index is 12.6. The van der Waals surface area contributed by atoms with Gasteiger partial charge in [0.1, 0.15) is 5.75 Å². The predicted molar refractivity (Wildman–Crippen MR) is 122 cm³/mol. The van der Waals surface area contributed by atoms with Gasteiger partial charge in [0, 0.05) is 0 Å². The largest absolute Gasteiger partial charge is 0.495 e. The monoisotopic (exact) mass is 410 g/mol. The van der Waals surface area contributed by atoms with E-state index in [4.69, 9.17) is 4.74 Å². The third-order valence-corrected chi connectivity index (χ3v) is 5.81. The van der Waals surface area contributed by atoms with Crippen LogP contribution in [0.2, 0.25) is 0 Å². The molecule has 0 spiro atoms. The molecule has 5 nitrogen and oxygen atoms in total. The zero-order valence-corrected chi connectivity index (χ0v) is 18.8. The van der Waals surface area contributed by atoms with Crippen molar-refractivity contribution in [1.82, 2.24) is 5.32 Å². The Labute approximate surface area is 181 Å². The van der Waals surface area contributed by atoms with Gasteiger partial charge in [-0.15, -0.1) is 0 Å². The first kappa shape index (κ1) is 22.2. The second-order valence-corrected chi connectivity index (χ2v) is 8.71. The number of quaternary nitrogens is 1. The molecule has 0 radical (unpaired) electrons. The summed E-state index contributed by atoms with van der Waals surface area (Å²) in [6, 6.07) is 16.8. The minimum absolute atomic E-state index is 0.0277. The Morgan fingerprint density at radius 1 is 1.07 bits per heavy atom. The normalized spacial score (nSPS) is 15.8. The Morgan fingerprint density at radius 2 is 1.73 bits per heavy atom. The molecule has 2 aromatic rings. The number of hydrogen-bond acceptors (Lipinski definition) is 3. The molecule has 1 amide bonds. The van der Waals surface area contributed by atoms with Crippen LogP contribution >= 0.6 is 0 Å². The van der Waals surface area contributed by atoms with E-state index in [0.717, 1.165) is 49.6 Å². The van der Waals surface area contributed by atoms with Gasteiger partial charge in [-0.05, 0) is 42.5 Å². The Bertz CT molecular complexity index is 811. The van der Waals surface area contributed by atoms with Gasteiger partial charge >= 0.3 is 0 Å². The smallest absolute Gasteiger partial charge is 0.275 e. The minimum Gasteiger partial charge on any atom is -0.495 e. The van der Waals surface area contributed by atoms with Crippen LogP contribution in [0.25, 0.3) is 0 Å². The minimum atomic E-state index is 0.0277. The van der Waals surface area contributed by atoms with Gasteiger partial charge in [-0.2, -0.15) is 0 Å². The summed E-state index contributed by atoms with van der Waals surface area (Å²) < 4.78 is 5.49. The molecule has 1 heterocycles. The van der Waals surface area contributed by atoms with Gasteiger partial charge in [0.15, 0.2) is 6.54 Å². The highest BCUT2D eigenvalue weighted by Gasteiger charge is 2.24. The van der Waals surface area contributed by atoms with Crippen LogP contribution < -0.4 is 19.9 Å². The number of methoxy groups -OCH3 is 1. The molecule has 30 heavy (non-hydrogen) atoms. The zero-order chi connectivity index (χ0) is 21.5. The van der Waals surface area contributed by atoms with Gasteiger partial charge in [0.25, 0.3) is 5.91 Å². The summed E-state index contributed by atoms with van der Waals surface area (Å²) in [5.41, 5.74) is 3.65. The fourth-order valence-electron chi connectivity index (χ4n) is 4.15. The molecule has 1 aliphatic heterocycles. The van der Waals surface area contributed by atoms with Gasteiger partial charge in [0.2, 0.25) is 0 Å². The van der Waals surface area contributed by atoms with Gasteiger partial charge in [0.05, 0.1) is 45.0 Å². The number of anilines is 1. The third-order valence-electron chi connectivity index (χ3n) is 5.81. The van der Waals surface area contributed by atoms with Crippen molar-refractivity contribution in [3.8, 4) is 5.75 Å². The van der Waals surface area contributed by atoms with Crippen LogP contribution in [0.1, 0.15) is 37.9 Å². The molecule has 1 atom stereocenters. The number of para-hydroxylation sites is 2. The highest BCUT2D eigenvalue weighted by Crippen LogP contribution is 2.27. The van der Waals surface area contributed by atoms with E-state index < -0.39 is 0 Å². The highest BCUT2D eigenvalue weighted by molar-refractivity contribution is 5.77. The number of nitrogens with zero attached hydrogens (tertiary/aromatic N) is 1. The lowest BCUT2D eigenvalue weighted by Crippen LogP contribution is -3.15. The summed E-state index contributed by atoms with van der Waals surface area (Å²) in [6.07, 6.45) is 1.09. The second-order valence-electron chi connectivity index (χ2n) is 8.71. The van der Waals surface area contributed by atoms with Crippen molar-refractivity contribution in [3.05, 3.63) is 59.7 Å². The average molecular weight is 411 g/mol. The molecule has 0 bridgehead atoms. The number of amides is 1. The molecular formula is C25H36N3O2+. The predicted octanol–water partition coefficient (Wildman–Crippen LogP) is 2.48. The SMILES string of the molecule is COc1ccccc1N1CC[NH+](CC(=O)N[C@@H](C)c2ccc(CC(C)C)cc2)CC1. The molecule has 0 aromatic heterocycles. The van der Waals surface area contributed by atoms with Crippen LogP contribution in [0, 0.1) is 5.92 Å². The lowest BCUT2D eigenvalue weighted by Gasteiger charge is -2.34. The van der Waals surface area contributed by atoms with E-state index in [2.05, 4.69) is 61.3 Å². The van der Waals surface area contributed by atoms with Gasteiger partial charge in [-0.1, -0.05) is 50.2 Å². The summed E-state index contributed by atoms with van der Waals surface area (Å²) in [6.45, 7) is 10.8. The van der Waals surface area contributed by atoms with Crippen molar-refractivity contribution in [2.75, 3.05) is 44.7 Å². The molecular weight excluding hydrogens is 374 g/mol. The number of ether oxygens (including phenoxy) is 1. The maximum atomic E-state index is 12.6. The van der Waals surface area contributed by atoms with Crippen molar-refractivity contribution < 1.29 is 14.4 Å². The highest BCUT2D eigenvalue weighted by atomic mass is 16.5. The molecule has 1 fully saturated rings. The van der Waals surface area contributed by atoms with Crippen molar-refractivity contribution in [2.24, 2.45) is 5.92 Å². The lowest BCUT2D eigenvalue weighted by atomic mass is 10.00. The van der Waals surface area contributed by atoms with Crippen LogP contribution in [-0.2, 0) is 11.2 Å². The molecule has 2 N–H and O–H groups in total. The van der Waals surface area contributed by atoms with E-state index >= 15 is 0 Å². The third kappa shape index (κ3) is 5.99. The van der Waals surface area contributed by atoms with Crippen LogP contribution in [0.5, 0.6) is 5.75 Å². The number of benzene rings is 2. The summed E-state index contributed by atoms with van der Waals surface area (Å²) in [5, 5.41) is 3.17. The van der Waals surface area contributed by atoms with Gasteiger partial charge < -0.3 is 19.9 Å². The fraction of sp³-hybridized carbons (Fsp3) is 0.480. The second kappa shape index (κ2) is 10.5. The van der Waals surface area contributed by atoms with Gasteiger partial charge in [-0.3, -0.25) is 4.79 Å². The molecule has 162 valence electrons. The van der Waals surface area contributed by atoms with E-state index in [1.54, 1.807) is 7.11 Å². The summed E-state index contributed by atoms with van der Waals surface area (Å²) >= 11 is 0. The summed E-state index contributed by atoms with van der Waals surface area (Å²) in [5.74, 6) is 1.68. The Hall–Kier alpha value is -2.53. The average Bonchev–Trinajstić information content (AvgIpc) is 2.74. The van der Waals surface area contributed by atoms with Crippen LogP contribution in [-0.4, -0.2) is 45.7 Å². The Morgan fingerprint density at radius 3 is 2.37 bits per heavy atom. The first-order valence-electron chi connectivity index (χ1n) is 11.1. The lowest BCUT2D eigenvalue weighted by molar-refractivity contribution is -0.892. The van der Waals surface area contributed by atoms with E-state index in [-0.39, 0.29) is 11.9 Å². The molecule has 0 aliphatic carbocycles. The van der Waals surface area contributed by atoms with E-state index in [9.17, 15) is 4.79 Å². The van der Waals surface area contributed by atoms with E-state index in [1.165, 1.54) is 10.5 Å². The van der Waals surface area contributed by atoms with Crippen molar-refractivity contribution in [1.29, 1.82) is 0 Å². The van der Waals surface area contributed by atoms with E-state index in [0.29, 0.717) is 12.5 Å². The number of carbonyl (C=O) groups is 1. The molecule has 3 rings (SSSR count). The Balaban J connectivity index is 1.46. The molecule has 1 aliphatic rings. The summed E-state index contributed by atoms with van der Waals surface area (Å²) in [7, 11) is 1.71. The van der Waals surface area contributed by atoms with Crippen molar-refractivity contribution in [3.63, 3.8) is 0 Å². The maximum Gasteiger partial charge on any atom is 0.275 e. The number of piperazine rings is 1. The number of rotatable bonds is 8. The van der Waals surface area contributed by atoms with E-state index in [1.807, 2.05) is 18.2 Å². The van der Waals surface area contributed by atoms with Crippen LogP contribution in [0.15, 0.2) is 48.5 Å². The Kier molecular flexibility index (Phi) is 7.75. The molecule has 5 heteroatoms. The van der Waals surface area contributed by atoms with Crippen LogP contribution in [0.4, 0.5) is 5.69 Å². The van der Waals surface area contributed by atoms with Gasteiger partial charge in [-0.25, -0.2) is 0 Å². The summed E-state index contributed by atoms with van der Waals surface area (Å²) in [4.78, 5) is 16.3. The van der Waals surface area contributed by atoms with Crippen molar-refractivity contribution in [2.45, 2.75) is 33.2 Å². The van der Waals surface area contributed by atoms with Crippen LogP contribution in [0.3, 0.4) is 0 Å². The number of nitrogens with one attached hydrogen (secondary N) is 2. The van der Waals surface area contributed by atoms with Crippen molar-refractivity contribution >= 4 is 11.6 Å².